The topological polar surface area (TPSA) is 58.6 Å². The second kappa shape index (κ2) is 7.89. The fraction of sp³-hybridized carbons (Fsp3) is 0.500. The number of carbonyl (C=O) groups is 2. The Balaban J connectivity index is 2.04. The van der Waals surface area contributed by atoms with Crippen LogP contribution in [-0.2, 0) is 20.7 Å². The summed E-state index contributed by atoms with van der Waals surface area (Å²) < 4.78 is 18.1. The molecule has 1 aliphatic rings. The summed E-state index contributed by atoms with van der Waals surface area (Å²) in [7, 11) is 1.45. The Morgan fingerprint density at radius 1 is 1.50 bits per heavy atom. The molecule has 0 radical (unpaired) electrons. The van der Waals surface area contributed by atoms with Crippen molar-refractivity contribution < 1.29 is 18.7 Å². The van der Waals surface area contributed by atoms with E-state index in [1.165, 1.54) is 19.2 Å². The Hall–Kier alpha value is -1.95. The third-order valence-electron chi connectivity index (χ3n) is 3.72. The Labute approximate surface area is 129 Å². The predicted molar refractivity (Wildman–Crippen MR) is 79.7 cm³/mol. The highest BCUT2D eigenvalue weighted by atomic mass is 19.1. The summed E-state index contributed by atoms with van der Waals surface area (Å²) in [6.07, 6.45) is 1.87. The molecule has 1 aliphatic heterocycles. The van der Waals surface area contributed by atoms with Crippen LogP contribution in [0.25, 0.3) is 0 Å². The number of halogens is 1. The molecule has 5 nitrogen and oxygen atoms in total. The van der Waals surface area contributed by atoms with E-state index in [-0.39, 0.29) is 30.3 Å². The highest BCUT2D eigenvalue weighted by molar-refractivity contribution is 5.79. The van der Waals surface area contributed by atoms with Gasteiger partial charge in [0.05, 0.1) is 6.04 Å². The molecule has 1 fully saturated rings. The van der Waals surface area contributed by atoms with Gasteiger partial charge in [-0.25, -0.2) is 4.39 Å². The van der Waals surface area contributed by atoms with Crippen LogP contribution in [-0.4, -0.2) is 49.6 Å². The molecule has 1 heterocycles. The summed E-state index contributed by atoms with van der Waals surface area (Å²) in [6.45, 7) is 1.00. The minimum absolute atomic E-state index is 0.0133. The number of nitrogens with one attached hydrogen (secondary N) is 1. The van der Waals surface area contributed by atoms with E-state index in [9.17, 15) is 14.0 Å². The number of hydrogen-bond donors (Lipinski definition) is 1. The molecule has 1 atom stereocenters. The quantitative estimate of drug-likeness (QED) is 0.821. The third-order valence-corrected chi connectivity index (χ3v) is 3.72. The van der Waals surface area contributed by atoms with Crippen LogP contribution in [0.3, 0.4) is 0 Å². The van der Waals surface area contributed by atoms with Gasteiger partial charge in [-0.15, -0.1) is 0 Å². The molecule has 22 heavy (non-hydrogen) atoms. The van der Waals surface area contributed by atoms with E-state index in [0.29, 0.717) is 25.9 Å². The zero-order valence-electron chi connectivity index (χ0n) is 12.7. The standard InChI is InChI=1S/C16H21FN2O3/c1-22-11-15(20)18-10-14(19-7-3-6-16(19)21)9-12-4-2-5-13(17)8-12/h2,4-5,8,14H,3,6-7,9-11H2,1H3,(H,18,20). The number of likely N-dealkylation sites (tertiary alicyclic amines) is 1. The van der Waals surface area contributed by atoms with Crippen LogP contribution in [0.15, 0.2) is 24.3 Å². The van der Waals surface area contributed by atoms with Gasteiger partial charge in [-0.1, -0.05) is 12.1 Å². The zero-order chi connectivity index (χ0) is 15.9. The Bertz CT molecular complexity index is 536. The van der Waals surface area contributed by atoms with E-state index in [1.807, 2.05) is 6.07 Å². The smallest absolute Gasteiger partial charge is 0.246 e. The molecule has 0 bridgehead atoms. The molecule has 0 aliphatic carbocycles. The fourth-order valence-electron chi connectivity index (χ4n) is 2.70. The molecule has 0 spiro atoms. The van der Waals surface area contributed by atoms with E-state index >= 15 is 0 Å². The van der Waals surface area contributed by atoms with Crippen molar-refractivity contribution >= 4 is 11.8 Å². The molecular weight excluding hydrogens is 287 g/mol. The molecule has 1 aromatic rings. The lowest BCUT2D eigenvalue weighted by Crippen LogP contribution is -2.46. The van der Waals surface area contributed by atoms with E-state index < -0.39 is 0 Å². The van der Waals surface area contributed by atoms with Crippen molar-refractivity contribution in [3.8, 4) is 0 Å². The largest absolute Gasteiger partial charge is 0.375 e. The molecule has 2 amide bonds. The first-order valence-corrected chi connectivity index (χ1v) is 7.39. The number of rotatable bonds is 7. The van der Waals surface area contributed by atoms with Crippen molar-refractivity contribution in [1.29, 1.82) is 0 Å². The van der Waals surface area contributed by atoms with Crippen molar-refractivity contribution in [1.82, 2.24) is 10.2 Å². The van der Waals surface area contributed by atoms with Gasteiger partial charge in [-0.3, -0.25) is 9.59 Å². The minimum Gasteiger partial charge on any atom is -0.375 e. The van der Waals surface area contributed by atoms with Gasteiger partial charge < -0.3 is 15.0 Å². The Morgan fingerprint density at radius 2 is 2.32 bits per heavy atom. The highest BCUT2D eigenvalue weighted by Gasteiger charge is 2.28. The maximum atomic E-state index is 13.3. The van der Waals surface area contributed by atoms with Crippen LogP contribution in [0.1, 0.15) is 18.4 Å². The number of methoxy groups -OCH3 is 1. The van der Waals surface area contributed by atoms with Crippen molar-refractivity contribution in [2.75, 3.05) is 26.8 Å². The van der Waals surface area contributed by atoms with E-state index in [2.05, 4.69) is 5.32 Å². The number of nitrogens with zero attached hydrogens (tertiary/aromatic N) is 1. The fourth-order valence-corrected chi connectivity index (χ4v) is 2.70. The summed E-state index contributed by atoms with van der Waals surface area (Å²) in [5.74, 6) is -0.437. The third kappa shape index (κ3) is 4.53. The van der Waals surface area contributed by atoms with Crippen LogP contribution in [0.2, 0.25) is 0 Å². The second-order valence-electron chi connectivity index (χ2n) is 5.42. The molecule has 1 unspecified atom stereocenters. The van der Waals surface area contributed by atoms with Crippen LogP contribution >= 0.6 is 0 Å². The molecule has 120 valence electrons. The summed E-state index contributed by atoms with van der Waals surface area (Å²) in [5, 5.41) is 2.76. The molecule has 1 aromatic carbocycles. The molecule has 1 N–H and O–H groups in total. The van der Waals surface area contributed by atoms with Crippen molar-refractivity contribution in [3.63, 3.8) is 0 Å². The Kier molecular flexibility index (Phi) is 5.89. The van der Waals surface area contributed by atoms with Crippen LogP contribution in [0, 0.1) is 5.82 Å². The first-order valence-electron chi connectivity index (χ1n) is 7.39. The second-order valence-corrected chi connectivity index (χ2v) is 5.42. The molecule has 1 saturated heterocycles. The lowest BCUT2D eigenvalue weighted by Gasteiger charge is -2.28. The summed E-state index contributed by atoms with van der Waals surface area (Å²) in [5.41, 5.74) is 0.811. The van der Waals surface area contributed by atoms with Crippen molar-refractivity contribution in [2.24, 2.45) is 0 Å². The number of amides is 2. The highest BCUT2D eigenvalue weighted by Crippen LogP contribution is 2.17. The predicted octanol–water partition coefficient (Wildman–Crippen LogP) is 1.12. The SMILES string of the molecule is COCC(=O)NCC(Cc1cccc(F)c1)N1CCCC1=O. The van der Waals surface area contributed by atoms with Crippen LogP contribution in [0.4, 0.5) is 4.39 Å². The lowest BCUT2D eigenvalue weighted by atomic mass is 10.0. The minimum atomic E-state index is -0.299. The number of benzene rings is 1. The maximum absolute atomic E-state index is 13.3. The van der Waals surface area contributed by atoms with E-state index in [0.717, 1.165) is 12.0 Å². The van der Waals surface area contributed by atoms with Gasteiger partial charge in [0.2, 0.25) is 11.8 Å². The Morgan fingerprint density at radius 3 is 2.95 bits per heavy atom. The molecular formula is C16H21FN2O3. The monoisotopic (exact) mass is 308 g/mol. The summed E-state index contributed by atoms with van der Waals surface area (Å²) in [6, 6.07) is 6.16. The van der Waals surface area contributed by atoms with Crippen molar-refractivity contribution in [3.05, 3.63) is 35.6 Å². The molecule has 0 aromatic heterocycles. The average molecular weight is 308 g/mol. The first kappa shape index (κ1) is 16.4. The van der Waals surface area contributed by atoms with Gasteiger partial charge >= 0.3 is 0 Å². The number of hydrogen-bond acceptors (Lipinski definition) is 3. The van der Waals surface area contributed by atoms with Gasteiger partial charge in [0, 0.05) is 26.6 Å². The van der Waals surface area contributed by atoms with Gasteiger partial charge in [-0.2, -0.15) is 0 Å². The van der Waals surface area contributed by atoms with Crippen LogP contribution in [0.5, 0.6) is 0 Å². The summed E-state index contributed by atoms with van der Waals surface area (Å²) >= 11 is 0. The normalized spacial score (nSPS) is 15.9. The maximum Gasteiger partial charge on any atom is 0.246 e. The van der Waals surface area contributed by atoms with Gasteiger partial charge in [0.15, 0.2) is 0 Å². The number of ether oxygens (including phenoxy) is 1. The van der Waals surface area contributed by atoms with Crippen LogP contribution < -0.4 is 5.32 Å². The van der Waals surface area contributed by atoms with Crippen molar-refractivity contribution in [2.45, 2.75) is 25.3 Å². The van der Waals surface area contributed by atoms with E-state index in [1.54, 1.807) is 11.0 Å². The lowest BCUT2D eigenvalue weighted by molar-refractivity contribution is -0.131. The summed E-state index contributed by atoms with van der Waals surface area (Å²) in [4.78, 5) is 25.3. The van der Waals surface area contributed by atoms with Gasteiger partial charge in [0.25, 0.3) is 0 Å². The zero-order valence-corrected chi connectivity index (χ0v) is 12.7. The number of carbonyl (C=O) groups excluding carboxylic acids is 2. The first-order chi connectivity index (χ1) is 10.6. The van der Waals surface area contributed by atoms with Gasteiger partial charge in [0.1, 0.15) is 12.4 Å². The molecule has 2 rings (SSSR count). The molecule has 0 saturated carbocycles. The van der Waals surface area contributed by atoms with Gasteiger partial charge in [-0.05, 0) is 30.5 Å². The molecule has 6 heteroatoms. The van der Waals surface area contributed by atoms with E-state index in [4.69, 9.17) is 4.74 Å². The average Bonchev–Trinajstić information content (AvgIpc) is 2.90.